The summed E-state index contributed by atoms with van der Waals surface area (Å²) in [7, 11) is 0. The Hall–Kier alpha value is -4.31. The first-order valence-electron chi connectivity index (χ1n) is 15.6. The lowest BCUT2D eigenvalue weighted by Gasteiger charge is -2.39. The second-order valence-corrected chi connectivity index (χ2v) is 11.7. The highest BCUT2D eigenvalue weighted by atomic mass is 16.6. The van der Waals surface area contributed by atoms with Crippen molar-refractivity contribution >= 4 is 11.7 Å². The zero-order valence-corrected chi connectivity index (χ0v) is 25.4. The van der Waals surface area contributed by atoms with Crippen LogP contribution >= 0.6 is 0 Å². The van der Waals surface area contributed by atoms with Gasteiger partial charge in [0, 0.05) is 31.1 Å². The topological polar surface area (TPSA) is 49.8 Å². The number of ether oxygens (including phenoxy) is 1. The normalized spacial score (nSPS) is 17.4. The first-order valence-corrected chi connectivity index (χ1v) is 15.6. The number of hydrogen-bond donors (Lipinski definition) is 1. The van der Waals surface area contributed by atoms with E-state index in [0.717, 1.165) is 43.6 Å². The van der Waals surface area contributed by atoms with Crippen molar-refractivity contribution in [3.05, 3.63) is 149 Å². The molecule has 1 aliphatic rings. The highest BCUT2D eigenvalue weighted by Crippen LogP contribution is 2.42. The van der Waals surface area contributed by atoms with Crippen molar-refractivity contribution in [2.75, 3.05) is 4.90 Å². The van der Waals surface area contributed by atoms with E-state index in [2.05, 4.69) is 104 Å². The summed E-state index contributed by atoms with van der Waals surface area (Å²) >= 11 is 0. The summed E-state index contributed by atoms with van der Waals surface area (Å²) in [5, 5.41) is 11.5. The Kier molecular flexibility index (Phi) is 9.99. The second kappa shape index (κ2) is 14.2. The van der Waals surface area contributed by atoms with Crippen LogP contribution in [-0.4, -0.2) is 16.7 Å². The van der Waals surface area contributed by atoms with Crippen LogP contribution in [0.25, 0.3) is 0 Å². The van der Waals surface area contributed by atoms with E-state index in [4.69, 9.17) is 4.74 Å². The maximum atomic E-state index is 13.7. The van der Waals surface area contributed by atoms with Crippen LogP contribution in [0, 0.1) is 0 Å². The zero-order chi connectivity index (χ0) is 30.1. The van der Waals surface area contributed by atoms with E-state index in [-0.39, 0.29) is 17.6 Å². The largest absolute Gasteiger partial charge is 0.512 e. The Bertz CT molecular complexity index is 1460. The molecule has 4 nitrogen and oxygen atoms in total. The molecule has 5 rings (SSSR count). The monoisotopic (exact) mass is 573 g/mol. The molecule has 0 aromatic heterocycles. The van der Waals surface area contributed by atoms with Gasteiger partial charge in [-0.15, -0.1) is 0 Å². The van der Waals surface area contributed by atoms with E-state index >= 15 is 0 Å². The van der Waals surface area contributed by atoms with Gasteiger partial charge in [0.1, 0.15) is 11.4 Å². The lowest BCUT2D eigenvalue weighted by molar-refractivity contribution is -0.161. The van der Waals surface area contributed by atoms with E-state index < -0.39 is 5.60 Å². The Morgan fingerprint density at radius 1 is 0.767 bits per heavy atom. The molecule has 4 aromatic rings. The highest BCUT2D eigenvalue weighted by Gasteiger charge is 2.43. The quantitative estimate of drug-likeness (QED) is 0.162. The van der Waals surface area contributed by atoms with Gasteiger partial charge in [0.15, 0.2) is 0 Å². The average molecular weight is 574 g/mol. The third kappa shape index (κ3) is 7.56. The van der Waals surface area contributed by atoms with Crippen molar-refractivity contribution in [1.29, 1.82) is 0 Å². The van der Waals surface area contributed by atoms with Crippen LogP contribution in [0.4, 0.5) is 5.69 Å². The lowest BCUT2D eigenvalue weighted by Crippen LogP contribution is -2.41. The molecule has 43 heavy (non-hydrogen) atoms. The van der Waals surface area contributed by atoms with Gasteiger partial charge in [0.05, 0.1) is 5.57 Å². The summed E-state index contributed by atoms with van der Waals surface area (Å²) in [5.41, 5.74) is 5.49. The summed E-state index contributed by atoms with van der Waals surface area (Å²) in [5.74, 6) is -0.454. The predicted octanol–water partition coefficient (Wildman–Crippen LogP) is 9.32. The maximum Gasteiger partial charge on any atom is 0.338 e. The van der Waals surface area contributed by atoms with Crippen molar-refractivity contribution in [2.45, 2.75) is 77.0 Å². The number of hydrogen-bond acceptors (Lipinski definition) is 4. The van der Waals surface area contributed by atoms with Crippen LogP contribution in [0.2, 0.25) is 0 Å². The zero-order valence-electron chi connectivity index (χ0n) is 25.4. The fourth-order valence-corrected chi connectivity index (χ4v) is 6.42. The lowest BCUT2D eigenvalue weighted by atomic mass is 9.80. The SMILES string of the molecule is CCC[C@@]1(CCc2ccccc2)CC(O)=C([C@@H](CC)c2cccc(N(Cc3ccccc3)Cc3ccccc3)c2)C(=O)O1. The minimum Gasteiger partial charge on any atom is -0.512 e. The molecule has 1 N–H and O–H groups in total. The van der Waals surface area contributed by atoms with E-state index in [1.54, 1.807) is 0 Å². The number of cyclic esters (lactones) is 1. The van der Waals surface area contributed by atoms with E-state index in [0.29, 0.717) is 24.8 Å². The smallest absolute Gasteiger partial charge is 0.338 e. The number of anilines is 1. The number of esters is 1. The summed E-state index contributed by atoms with van der Waals surface area (Å²) in [4.78, 5) is 16.1. The van der Waals surface area contributed by atoms with Crippen molar-refractivity contribution < 1.29 is 14.6 Å². The number of benzene rings is 4. The van der Waals surface area contributed by atoms with E-state index in [9.17, 15) is 9.90 Å². The third-order valence-electron chi connectivity index (χ3n) is 8.57. The molecule has 0 spiro atoms. The van der Waals surface area contributed by atoms with Gasteiger partial charge in [-0.1, -0.05) is 123 Å². The molecular weight excluding hydrogens is 530 g/mol. The van der Waals surface area contributed by atoms with Crippen LogP contribution in [0.3, 0.4) is 0 Å². The average Bonchev–Trinajstić information content (AvgIpc) is 3.03. The third-order valence-corrected chi connectivity index (χ3v) is 8.57. The molecule has 1 aliphatic heterocycles. The molecule has 0 saturated carbocycles. The van der Waals surface area contributed by atoms with E-state index in [1.165, 1.54) is 16.7 Å². The Morgan fingerprint density at radius 2 is 1.35 bits per heavy atom. The number of rotatable bonds is 13. The number of aryl methyl sites for hydroxylation is 1. The van der Waals surface area contributed by atoms with Gasteiger partial charge in [-0.3, -0.25) is 0 Å². The molecule has 1 heterocycles. The molecule has 0 bridgehead atoms. The van der Waals surface area contributed by atoms with Crippen molar-refractivity contribution in [3.8, 4) is 0 Å². The minimum absolute atomic E-state index is 0.181. The van der Waals surface area contributed by atoms with Gasteiger partial charge in [-0.2, -0.15) is 0 Å². The molecule has 0 unspecified atom stereocenters. The Morgan fingerprint density at radius 3 is 1.88 bits per heavy atom. The number of carbonyl (C=O) groups excluding carboxylic acids is 1. The number of aliphatic hydroxyl groups excluding tert-OH is 1. The predicted molar refractivity (Wildman–Crippen MR) is 175 cm³/mol. The number of aliphatic hydroxyl groups is 1. The number of nitrogens with zero attached hydrogens (tertiary/aromatic N) is 1. The van der Waals surface area contributed by atoms with Gasteiger partial charge in [-0.25, -0.2) is 4.79 Å². The Labute approximate surface area is 256 Å². The second-order valence-electron chi connectivity index (χ2n) is 11.7. The number of carbonyl (C=O) groups is 1. The molecule has 4 heteroatoms. The summed E-state index contributed by atoms with van der Waals surface area (Å²) < 4.78 is 6.29. The standard InChI is InChI=1S/C39H43NO3/c1-3-24-39(25-23-30-15-8-5-9-16-30)27-36(41)37(38(42)43-39)35(4-2)33-21-14-22-34(26-33)40(28-31-17-10-6-11-18-31)29-32-19-12-7-13-20-32/h5-22,26,35,41H,3-4,23-25,27-29H2,1-2H3/t35-,39+/m0/s1. The molecule has 0 saturated heterocycles. The van der Waals surface area contributed by atoms with Gasteiger partial charge in [0.25, 0.3) is 0 Å². The molecule has 0 aliphatic carbocycles. The van der Waals surface area contributed by atoms with Crippen LogP contribution in [0.1, 0.15) is 74.1 Å². The molecule has 0 amide bonds. The maximum absolute atomic E-state index is 13.7. The summed E-state index contributed by atoms with van der Waals surface area (Å²) in [6, 6.07) is 39.7. The molecule has 0 radical (unpaired) electrons. The van der Waals surface area contributed by atoms with Crippen molar-refractivity contribution in [3.63, 3.8) is 0 Å². The van der Waals surface area contributed by atoms with Gasteiger partial charge in [-0.05, 0) is 60.1 Å². The van der Waals surface area contributed by atoms with Gasteiger partial charge < -0.3 is 14.7 Å². The van der Waals surface area contributed by atoms with Crippen molar-refractivity contribution in [1.82, 2.24) is 0 Å². The first kappa shape index (κ1) is 30.2. The molecule has 2 atom stereocenters. The molecular formula is C39H43NO3. The van der Waals surface area contributed by atoms with Crippen LogP contribution < -0.4 is 4.90 Å². The van der Waals surface area contributed by atoms with Crippen LogP contribution in [-0.2, 0) is 29.0 Å². The minimum atomic E-state index is -0.683. The van der Waals surface area contributed by atoms with Crippen LogP contribution in [0.15, 0.2) is 127 Å². The molecule has 222 valence electrons. The molecule has 4 aromatic carbocycles. The fraction of sp³-hybridized carbons (Fsp3) is 0.308. The van der Waals surface area contributed by atoms with Crippen molar-refractivity contribution in [2.24, 2.45) is 0 Å². The van der Waals surface area contributed by atoms with Gasteiger partial charge in [0.2, 0.25) is 0 Å². The van der Waals surface area contributed by atoms with Gasteiger partial charge >= 0.3 is 5.97 Å². The summed E-state index contributed by atoms with van der Waals surface area (Å²) in [6.07, 6.45) is 4.13. The first-order chi connectivity index (χ1) is 21.0. The highest BCUT2D eigenvalue weighted by molar-refractivity contribution is 5.92. The summed E-state index contributed by atoms with van der Waals surface area (Å²) in [6.45, 7) is 5.69. The Balaban J connectivity index is 1.42. The fourth-order valence-electron chi connectivity index (χ4n) is 6.42. The van der Waals surface area contributed by atoms with E-state index in [1.807, 2.05) is 30.3 Å². The molecule has 0 fully saturated rings. The van der Waals surface area contributed by atoms with Crippen LogP contribution in [0.5, 0.6) is 0 Å².